The lowest BCUT2D eigenvalue weighted by atomic mass is 10.1. The highest BCUT2D eigenvalue weighted by molar-refractivity contribution is 9.10. The number of benzene rings is 2. The number of hydrogen-bond acceptors (Lipinski definition) is 2. The minimum Gasteiger partial charge on any atom is -0.345 e. The Labute approximate surface area is 130 Å². The van der Waals surface area contributed by atoms with Crippen LogP contribution in [-0.4, -0.2) is 18.2 Å². The highest BCUT2D eigenvalue weighted by atomic mass is 79.9. The van der Waals surface area contributed by atoms with Crippen LogP contribution < -0.4 is 5.32 Å². The fourth-order valence-corrected chi connectivity index (χ4v) is 2.32. The van der Waals surface area contributed by atoms with Crippen molar-refractivity contribution in [2.24, 2.45) is 0 Å². The van der Waals surface area contributed by atoms with Gasteiger partial charge in [-0.05, 0) is 40.2 Å². The maximum atomic E-state index is 11.9. The summed E-state index contributed by atoms with van der Waals surface area (Å²) < 4.78 is 0.688. The van der Waals surface area contributed by atoms with Crippen molar-refractivity contribution < 1.29 is 9.59 Å². The van der Waals surface area contributed by atoms with Crippen LogP contribution in [0.3, 0.4) is 0 Å². The Morgan fingerprint density at radius 3 is 2.55 bits per heavy atom. The molecule has 102 valence electrons. The summed E-state index contributed by atoms with van der Waals surface area (Å²) in [6, 6.07) is 13.7. The molecule has 2 aromatic rings. The van der Waals surface area contributed by atoms with Crippen molar-refractivity contribution >= 4 is 39.2 Å². The van der Waals surface area contributed by atoms with Crippen molar-refractivity contribution in [2.45, 2.75) is 0 Å². The Bertz CT molecular complexity index is 658. The Hall–Kier alpha value is -1.65. The van der Waals surface area contributed by atoms with E-state index < -0.39 is 0 Å². The molecular formula is C15H11BrClNO2. The van der Waals surface area contributed by atoms with Crippen molar-refractivity contribution in [3.8, 4) is 0 Å². The van der Waals surface area contributed by atoms with Crippen LogP contribution in [0.4, 0.5) is 0 Å². The molecule has 0 bridgehead atoms. The van der Waals surface area contributed by atoms with Gasteiger partial charge in [0.05, 0.1) is 12.1 Å². The Morgan fingerprint density at radius 2 is 1.85 bits per heavy atom. The van der Waals surface area contributed by atoms with Crippen LogP contribution >= 0.6 is 27.5 Å². The van der Waals surface area contributed by atoms with Crippen LogP contribution in [0.15, 0.2) is 53.0 Å². The largest absolute Gasteiger partial charge is 0.345 e. The van der Waals surface area contributed by atoms with Gasteiger partial charge in [0.2, 0.25) is 0 Å². The molecule has 20 heavy (non-hydrogen) atoms. The first-order chi connectivity index (χ1) is 9.58. The van der Waals surface area contributed by atoms with E-state index in [2.05, 4.69) is 21.2 Å². The third kappa shape index (κ3) is 3.68. The van der Waals surface area contributed by atoms with E-state index in [9.17, 15) is 9.59 Å². The maximum absolute atomic E-state index is 11.9. The van der Waals surface area contributed by atoms with E-state index in [1.54, 1.807) is 42.5 Å². The van der Waals surface area contributed by atoms with Gasteiger partial charge in [0.1, 0.15) is 0 Å². The van der Waals surface area contributed by atoms with Crippen molar-refractivity contribution in [3.05, 3.63) is 69.2 Å². The number of nitrogens with one attached hydrogen (secondary N) is 1. The highest BCUT2D eigenvalue weighted by Crippen LogP contribution is 2.15. The van der Waals surface area contributed by atoms with Gasteiger partial charge in [0.25, 0.3) is 5.91 Å². The van der Waals surface area contributed by atoms with E-state index in [1.807, 2.05) is 6.07 Å². The molecule has 0 aliphatic heterocycles. The molecule has 1 N–H and O–H groups in total. The van der Waals surface area contributed by atoms with Gasteiger partial charge in [-0.15, -0.1) is 0 Å². The first kappa shape index (κ1) is 14.8. The molecule has 0 heterocycles. The molecule has 0 fully saturated rings. The standard InChI is InChI=1S/C15H11BrClNO2/c16-13-7-2-1-6-12(13)15(20)18-9-14(19)10-4-3-5-11(17)8-10/h1-8H,9H2,(H,18,20). The number of carbonyl (C=O) groups excluding carboxylic acids is 2. The number of amides is 1. The molecule has 3 nitrogen and oxygen atoms in total. The second-order valence-corrected chi connectivity index (χ2v) is 5.39. The maximum Gasteiger partial charge on any atom is 0.252 e. The summed E-state index contributed by atoms with van der Waals surface area (Å²) in [6.45, 7) is -0.0689. The van der Waals surface area contributed by atoms with E-state index in [1.165, 1.54) is 0 Å². The SMILES string of the molecule is O=C(CNC(=O)c1ccccc1Br)c1cccc(Cl)c1. The lowest BCUT2D eigenvalue weighted by Gasteiger charge is -2.06. The smallest absolute Gasteiger partial charge is 0.252 e. The Morgan fingerprint density at radius 1 is 1.10 bits per heavy atom. The quantitative estimate of drug-likeness (QED) is 0.853. The first-order valence-corrected chi connectivity index (χ1v) is 7.06. The summed E-state index contributed by atoms with van der Waals surface area (Å²) in [5.41, 5.74) is 0.969. The van der Waals surface area contributed by atoms with Crippen LogP contribution in [0.2, 0.25) is 5.02 Å². The van der Waals surface area contributed by atoms with Gasteiger partial charge < -0.3 is 5.32 Å². The minimum atomic E-state index is -0.298. The zero-order valence-corrected chi connectivity index (χ0v) is 12.7. The average molecular weight is 353 g/mol. The molecule has 2 aromatic carbocycles. The van der Waals surface area contributed by atoms with Gasteiger partial charge >= 0.3 is 0 Å². The predicted octanol–water partition coefficient (Wildman–Crippen LogP) is 3.72. The van der Waals surface area contributed by atoms with Crippen LogP contribution in [0.25, 0.3) is 0 Å². The lowest BCUT2D eigenvalue weighted by Crippen LogP contribution is -2.29. The molecule has 0 saturated heterocycles. The molecule has 0 atom stereocenters. The third-order valence-electron chi connectivity index (χ3n) is 2.67. The Balaban J connectivity index is 2.01. The molecular weight excluding hydrogens is 342 g/mol. The normalized spacial score (nSPS) is 10.1. The second-order valence-electron chi connectivity index (χ2n) is 4.10. The number of carbonyl (C=O) groups is 2. The predicted molar refractivity (Wildman–Crippen MR) is 82.3 cm³/mol. The van der Waals surface area contributed by atoms with Crippen molar-refractivity contribution in [2.75, 3.05) is 6.54 Å². The molecule has 0 saturated carbocycles. The number of Topliss-reactive ketones (excluding diaryl/α,β-unsaturated/α-hetero) is 1. The molecule has 0 aromatic heterocycles. The number of halogens is 2. The van der Waals surface area contributed by atoms with Gasteiger partial charge in [0, 0.05) is 15.1 Å². The van der Waals surface area contributed by atoms with Gasteiger partial charge in [0.15, 0.2) is 5.78 Å². The summed E-state index contributed by atoms with van der Waals surface area (Å²) >= 11 is 9.12. The summed E-state index contributed by atoms with van der Waals surface area (Å²) in [5, 5.41) is 3.09. The van der Waals surface area contributed by atoms with Gasteiger partial charge in [-0.1, -0.05) is 35.9 Å². The lowest BCUT2D eigenvalue weighted by molar-refractivity contribution is 0.0903. The fourth-order valence-electron chi connectivity index (χ4n) is 1.67. The number of rotatable bonds is 4. The van der Waals surface area contributed by atoms with E-state index in [-0.39, 0.29) is 18.2 Å². The fraction of sp³-hybridized carbons (Fsp3) is 0.0667. The van der Waals surface area contributed by atoms with E-state index >= 15 is 0 Å². The summed E-state index contributed by atoms with van der Waals surface area (Å²) in [4.78, 5) is 23.9. The summed E-state index contributed by atoms with van der Waals surface area (Å²) in [7, 11) is 0. The molecule has 0 aliphatic carbocycles. The Kier molecular flexibility index (Phi) is 4.93. The van der Waals surface area contributed by atoms with E-state index in [0.29, 0.717) is 20.6 Å². The number of ketones is 1. The van der Waals surface area contributed by atoms with Crippen LogP contribution in [0.5, 0.6) is 0 Å². The highest BCUT2D eigenvalue weighted by Gasteiger charge is 2.12. The third-order valence-corrected chi connectivity index (χ3v) is 3.60. The zero-order valence-electron chi connectivity index (χ0n) is 10.4. The van der Waals surface area contributed by atoms with Crippen LogP contribution in [-0.2, 0) is 0 Å². The van der Waals surface area contributed by atoms with E-state index in [0.717, 1.165) is 0 Å². The summed E-state index contributed by atoms with van der Waals surface area (Å²) in [6.07, 6.45) is 0. The molecule has 1 amide bonds. The monoisotopic (exact) mass is 351 g/mol. The molecule has 0 spiro atoms. The molecule has 2 rings (SSSR count). The van der Waals surface area contributed by atoms with Gasteiger partial charge in [-0.25, -0.2) is 0 Å². The van der Waals surface area contributed by atoms with Crippen molar-refractivity contribution in [3.63, 3.8) is 0 Å². The second kappa shape index (κ2) is 6.68. The topological polar surface area (TPSA) is 46.2 Å². The first-order valence-electron chi connectivity index (χ1n) is 5.89. The molecule has 0 aliphatic rings. The van der Waals surface area contributed by atoms with Gasteiger partial charge in [-0.2, -0.15) is 0 Å². The number of hydrogen-bond donors (Lipinski definition) is 1. The summed E-state index contributed by atoms with van der Waals surface area (Å²) in [5.74, 6) is -0.485. The van der Waals surface area contributed by atoms with Crippen molar-refractivity contribution in [1.29, 1.82) is 0 Å². The van der Waals surface area contributed by atoms with Gasteiger partial charge in [-0.3, -0.25) is 9.59 Å². The van der Waals surface area contributed by atoms with Crippen molar-refractivity contribution in [1.82, 2.24) is 5.32 Å². The minimum absolute atomic E-state index is 0.0689. The average Bonchev–Trinajstić information content (AvgIpc) is 2.45. The van der Waals surface area contributed by atoms with Crippen LogP contribution in [0.1, 0.15) is 20.7 Å². The van der Waals surface area contributed by atoms with E-state index in [4.69, 9.17) is 11.6 Å². The molecule has 5 heteroatoms. The molecule has 0 unspecified atom stereocenters. The zero-order chi connectivity index (χ0) is 14.5. The molecule has 0 radical (unpaired) electrons. The van der Waals surface area contributed by atoms with Crippen LogP contribution in [0, 0.1) is 0 Å².